The summed E-state index contributed by atoms with van der Waals surface area (Å²) in [6.07, 6.45) is 4.96. The molecule has 3 nitrogen and oxygen atoms in total. The number of carbonyl (C=O) groups excluding carboxylic acids is 1. The molecule has 2 atom stereocenters. The molecule has 0 bridgehead atoms. The highest BCUT2D eigenvalue weighted by atomic mass is 35.5. The van der Waals surface area contributed by atoms with Gasteiger partial charge in [-0.05, 0) is 42.2 Å². The highest BCUT2D eigenvalue weighted by Gasteiger charge is 2.63. The molecule has 1 spiro atoms. The lowest BCUT2D eigenvalue weighted by Crippen LogP contribution is -2.20. The summed E-state index contributed by atoms with van der Waals surface area (Å²) < 4.78 is 5.36. The van der Waals surface area contributed by atoms with Crippen LogP contribution in [0.5, 0.6) is 5.75 Å². The van der Waals surface area contributed by atoms with E-state index in [1.165, 1.54) is 0 Å². The molecule has 4 rings (SSSR count). The van der Waals surface area contributed by atoms with Crippen molar-refractivity contribution in [2.75, 3.05) is 12.4 Å². The van der Waals surface area contributed by atoms with Gasteiger partial charge in [-0.1, -0.05) is 42.0 Å². The zero-order valence-corrected chi connectivity index (χ0v) is 13.4. The Bertz CT molecular complexity index is 830. The van der Waals surface area contributed by atoms with Gasteiger partial charge in [0.15, 0.2) is 0 Å². The third-order valence-electron chi connectivity index (χ3n) is 4.78. The van der Waals surface area contributed by atoms with Gasteiger partial charge >= 0.3 is 0 Å². The van der Waals surface area contributed by atoms with Gasteiger partial charge in [-0.3, -0.25) is 4.79 Å². The molecule has 4 heteroatoms. The minimum absolute atomic E-state index is 0.0736. The number of hydrogen-bond donors (Lipinski definition) is 1. The molecule has 1 fully saturated rings. The number of nitrogens with one attached hydrogen (secondary N) is 1. The number of fused-ring (bicyclic) bond motifs is 2. The van der Waals surface area contributed by atoms with Gasteiger partial charge in [0, 0.05) is 16.3 Å². The molecule has 2 aromatic carbocycles. The SMILES string of the molecule is COc1ccccc1/C=C/C1CC12C(=O)Nc1ccc(Cl)cc12. The molecular formula is C19H16ClNO2. The maximum absolute atomic E-state index is 12.5. The Hall–Kier alpha value is -2.26. The van der Waals surface area contributed by atoms with Gasteiger partial charge in [-0.2, -0.15) is 0 Å². The summed E-state index contributed by atoms with van der Waals surface area (Å²) in [6, 6.07) is 13.4. The summed E-state index contributed by atoms with van der Waals surface area (Å²) >= 11 is 6.11. The second-order valence-corrected chi connectivity index (χ2v) is 6.46. The van der Waals surface area contributed by atoms with Gasteiger partial charge < -0.3 is 10.1 Å². The van der Waals surface area contributed by atoms with E-state index >= 15 is 0 Å². The number of hydrogen-bond acceptors (Lipinski definition) is 2. The fraction of sp³-hybridized carbons (Fsp3) is 0.211. The number of halogens is 1. The Balaban J connectivity index is 1.64. The quantitative estimate of drug-likeness (QED) is 0.915. The summed E-state index contributed by atoms with van der Waals surface area (Å²) in [5, 5.41) is 3.64. The summed E-state index contributed by atoms with van der Waals surface area (Å²) in [7, 11) is 1.66. The number of allylic oxidation sites excluding steroid dienone is 1. The van der Waals surface area contributed by atoms with Crippen LogP contribution in [-0.2, 0) is 10.2 Å². The zero-order chi connectivity index (χ0) is 16.0. The minimum Gasteiger partial charge on any atom is -0.496 e. The fourth-order valence-electron chi connectivity index (χ4n) is 3.47. The molecule has 1 N–H and O–H groups in total. The van der Waals surface area contributed by atoms with E-state index in [0.29, 0.717) is 5.02 Å². The number of para-hydroxylation sites is 1. The van der Waals surface area contributed by atoms with Crippen molar-refractivity contribution in [1.29, 1.82) is 0 Å². The normalized spacial score (nSPS) is 24.8. The van der Waals surface area contributed by atoms with Crippen LogP contribution in [0.4, 0.5) is 5.69 Å². The van der Waals surface area contributed by atoms with E-state index in [-0.39, 0.29) is 11.8 Å². The average molecular weight is 326 g/mol. The van der Waals surface area contributed by atoms with Crippen molar-refractivity contribution in [2.24, 2.45) is 5.92 Å². The van der Waals surface area contributed by atoms with E-state index in [2.05, 4.69) is 11.4 Å². The lowest BCUT2D eigenvalue weighted by Gasteiger charge is -2.07. The van der Waals surface area contributed by atoms with Gasteiger partial charge in [-0.25, -0.2) is 0 Å². The van der Waals surface area contributed by atoms with E-state index in [4.69, 9.17) is 16.3 Å². The van der Waals surface area contributed by atoms with E-state index in [1.807, 2.05) is 48.5 Å². The maximum Gasteiger partial charge on any atom is 0.235 e. The number of methoxy groups -OCH3 is 1. The first-order chi connectivity index (χ1) is 11.1. The third-order valence-corrected chi connectivity index (χ3v) is 5.01. The van der Waals surface area contributed by atoms with E-state index < -0.39 is 5.41 Å². The van der Waals surface area contributed by atoms with E-state index in [1.54, 1.807) is 7.11 Å². The Labute approximate surface area is 139 Å². The number of amides is 1. The Kier molecular flexibility index (Phi) is 3.20. The second kappa shape index (κ2) is 5.14. The number of carbonyl (C=O) groups is 1. The van der Waals surface area contributed by atoms with Crippen LogP contribution in [0.25, 0.3) is 6.08 Å². The van der Waals surface area contributed by atoms with Gasteiger partial charge in [0.1, 0.15) is 5.75 Å². The summed E-state index contributed by atoms with van der Waals surface area (Å²) in [6.45, 7) is 0. The van der Waals surface area contributed by atoms with Crippen molar-refractivity contribution in [2.45, 2.75) is 11.8 Å². The van der Waals surface area contributed by atoms with Crippen LogP contribution < -0.4 is 10.1 Å². The summed E-state index contributed by atoms with van der Waals surface area (Å²) in [5.74, 6) is 1.09. The van der Waals surface area contributed by atoms with Crippen molar-refractivity contribution >= 4 is 29.3 Å². The first-order valence-electron chi connectivity index (χ1n) is 7.58. The molecule has 1 heterocycles. The Morgan fingerprint density at radius 2 is 2.13 bits per heavy atom. The topological polar surface area (TPSA) is 38.3 Å². The van der Waals surface area contributed by atoms with Crippen LogP contribution in [0.1, 0.15) is 17.5 Å². The first-order valence-corrected chi connectivity index (χ1v) is 7.95. The molecule has 2 unspecified atom stereocenters. The minimum atomic E-state index is -0.446. The van der Waals surface area contributed by atoms with E-state index in [0.717, 1.165) is 29.0 Å². The highest BCUT2D eigenvalue weighted by Crippen LogP contribution is 2.61. The molecule has 1 aliphatic carbocycles. The fourth-order valence-corrected chi connectivity index (χ4v) is 3.64. The van der Waals surface area contributed by atoms with E-state index in [9.17, 15) is 4.79 Å². The molecule has 0 radical (unpaired) electrons. The summed E-state index contributed by atoms with van der Waals surface area (Å²) in [5.41, 5.74) is 2.47. The monoisotopic (exact) mass is 325 g/mol. The maximum atomic E-state index is 12.5. The van der Waals surface area contributed by atoms with Crippen LogP contribution >= 0.6 is 11.6 Å². The predicted molar refractivity (Wildman–Crippen MR) is 91.9 cm³/mol. The lowest BCUT2D eigenvalue weighted by molar-refractivity contribution is -0.118. The highest BCUT2D eigenvalue weighted by molar-refractivity contribution is 6.31. The average Bonchev–Trinajstić information content (AvgIpc) is 3.23. The molecule has 1 amide bonds. The van der Waals surface area contributed by atoms with Crippen molar-refractivity contribution < 1.29 is 9.53 Å². The molecule has 0 saturated heterocycles. The molecule has 116 valence electrons. The molecule has 0 aromatic heterocycles. The Morgan fingerprint density at radius 3 is 2.96 bits per heavy atom. The van der Waals surface area contributed by atoms with Gasteiger partial charge in [0.05, 0.1) is 12.5 Å². The van der Waals surface area contributed by atoms with Gasteiger partial charge in [0.2, 0.25) is 5.91 Å². The van der Waals surface area contributed by atoms with Crippen LogP contribution in [0.15, 0.2) is 48.5 Å². The third kappa shape index (κ3) is 2.15. The zero-order valence-electron chi connectivity index (χ0n) is 12.7. The van der Waals surface area contributed by atoms with Gasteiger partial charge in [0.25, 0.3) is 0 Å². The molecular weight excluding hydrogens is 310 g/mol. The second-order valence-electron chi connectivity index (χ2n) is 6.03. The molecule has 23 heavy (non-hydrogen) atoms. The molecule has 1 saturated carbocycles. The van der Waals surface area contributed by atoms with Crippen molar-refractivity contribution in [3.8, 4) is 5.75 Å². The van der Waals surface area contributed by atoms with Gasteiger partial charge in [-0.15, -0.1) is 0 Å². The summed E-state index contributed by atoms with van der Waals surface area (Å²) in [4.78, 5) is 12.5. The number of ether oxygens (including phenoxy) is 1. The van der Waals surface area contributed by atoms with Crippen LogP contribution in [0.2, 0.25) is 5.02 Å². The first kappa shape index (κ1) is 14.3. The number of rotatable bonds is 3. The predicted octanol–water partition coefficient (Wildman–Crippen LogP) is 4.27. The van der Waals surface area contributed by atoms with Crippen molar-refractivity contribution in [3.05, 3.63) is 64.7 Å². The smallest absolute Gasteiger partial charge is 0.235 e. The molecule has 2 aliphatic rings. The lowest BCUT2D eigenvalue weighted by atomic mass is 9.94. The standard InChI is InChI=1S/C19H16ClNO2/c1-23-17-5-3-2-4-12(17)6-7-13-11-19(13)15-10-14(20)8-9-16(15)21-18(19)22/h2-10,13H,11H2,1H3,(H,21,22)/b7-6+. The van der Waals surface area contributed by atoms with Crippen molar-refractivity contribution in [1.82, 2.24) is 0 Å². The molecule has 2 aromatic rings. The molecule has 1 aliphatic heterocycles. The number of anilines is 1. The van der Waals surface area contributed by atoms with Crippen molar-refractivity contribution in [3.63, 3.8) is 0 Å². The Morgan fingerprint density at radius 1 is 1.30 bits per heavy atom. The largest absolute Gasteiger partial charge is 0.496 e. The van der Waals surface area contributed by atoms with Crippen LogP contribution in [-0.4, -0.2) is 13.0 Å². The van der Waals surface area contributed by atoms with Crippen LogP contribution in [0.3, 0.4) is 0 Å². The number of benzene rings is 2. The van der Waals surface area contributed by atoms with Crippen LogP contribution in [0, 0.1) is 5.92 Å².